The fraction of sp³-hybridized carbons (Fsp3) is 0.176. The second-order valence-corrected chi connectivity index (χ2v) is 6.78. The molecule has 1 heterocycles. The van der Waals surface area contributed by atoms with Crippen molar-refractivity contribution in [1.29, 1.82) is 0 Å². The van der Waals surface area contributed by atoms with E-state index in [4.69, 9.17) is 9.47 Å². The first kappa shape index (κ1) is 16.9. The maximum Gasteiger partial charge on any atom is 0.195 e. The normalized spacial score (nSPS) is 10.6. The zero-order chi connectivity index (χ0) is 16.8. The van der Waals surface area contributed by atoms with Crippen LogP contribution in [0.3, 0.4) is 0 Å². The zero-order valence-corrected chi connectivity index (χ0v) is 15.5. The Labute approximate surface area is 153 Å². The molecule has 0 unspecified atom stereocenters. The van der Waals surface area contributed by atoms with Crippen LogP contribution < -0.4 is 9.47 Å². The molecule has 0 atom stereocenters. The number of hydrogen-bond donors (Lipinski definition) is 0. The predicted octanol–water partition coefficient (Wildman–Crippen LogP) is 4.21. The molecule has 0 spiro atoms. The SMILES string of the molecule is COc1ccccc1-n1cnnc1SCCOc1ccc(Br)cc1. The van der Waals surface area contributed by atoms with Crippen LogP contribution >= 0.6 is 27.7 Å². The Kier molecular flexibility index (Phi) is 5.77. The van der Waals surface area contributed by atoms with E-state index in [-0.39, 0.29) is 0 Å². The van der Waals surface area contributed by atoms with Crippen LogP contribution in [0, 0.1) is 0 Å². The summed E-state index contributed by atoms with van der Waals surface area (Å²) >= 11 is 5.00. The van der Waals surface area contributed by atoms with Gasteiger partial charge in [0, 0.05) is 10.2 Å². The molecular formula is C17H16BrN3O2S. The Morgan fingerprint density at radius 2 is 1.92 bits per heavy atom. The van der Waals surface area contributed by atoms with Crippen LogP contribution in [0.1, 0.15) is 0 Å². The van der Waals surface area contributed by atoms with E-state index in [0.29, 0.717) is 6.61 Å². The van der Waals surface area contributed by atoms with E-state index in [1.165, 1.54) is 0 Å². The largest absolute Gasteiger partial charge is 0.495 e. The lowest BCUT2D eigenvalue weighted by atomic mass is 10.3. The molecule has 5 nitrogen and oxygen atoms in total. The Bertz CT molecular complexity index is 793. The van der Waals surface area contributed by atoms with Crippen LogP contribution in [0.4, 0.5) is 0 Å². The summed E-state index contributed by atoms with van der Waals surface area (Å²) in [5.74, 6) is 2.40. The summed E-state index contributed by atoms with van der Waals surface area (Å²) < 4.78 is 14.1. The molecule has 0 amide bonds. The standard InChI is InChI=1S/C17H16BrN3O2S/c1-22-16-5-3-2-4-15(16)21-12-19-20-17(21)24-11-10-23-14-8-6-13(18)7-9-14/h2-9,12H,10-11H2,1H3. The van der Waals surface area contributed by atoms with Crippen molar-refractivity contribution in [3.05, 3.63) is 59.3 Å². The topological polar surface area (TPSA) is 49.2 Å². The number of ether oxygens (including phenoxy) is 2. The molecule has 3 aromatic rings. The van der Waals surface area contributed by atoms with Crippen molar-refractivity contribution in [1.82, 2.24) is 14.8 Å². The van der Waals surface area contributed by atoms with Crippen LogP contribution in [-0.4, -0.2) is 34.2 Å². The highest BCUT2D eigenvalue weighted by molar-refractivity contribution is 9.10. The smallest absolute Gasteiger partial charge is 0.195 e. The number of thioether (sulfide) groups is 1. The van der Waals surface area contributed by atoms with E-state index < -0.39 is 0 Å². The quantitative estimate of drug-likeness (QED) is 0.435. The van der Waals surface area contributed by atoms with E-state index in [1.807, 2.05) is 53.1 Å². The third-order valence-electron chi connectivity index (χ3n) is 3.26. The Balaban J connectivity index is 1.61. The molecule has 3 rings (SSSR count). The van der Waals surface area contributed by atoms with E-state index in [1.54, 1.807) is 25.2 Å². The minimum absolute atomic E-state index is 0.588. The van der Waals surface area contributed by atoms with Gasteiger partial charge in [0.2, 0.25) is 0 Å². The van der Waals surface area contributed by atoms with Crippen LogP contribution in [0.25, 0.3) is 5.69 Å². The third-order valence-corrected chi connectivity index (χ3v) is 4.69. The average molecular weight is 406 g/mol. The zero-order valence-electron chi connectivity index (χ0n) is 13.1. The first-order valence-electron chi connectivity index (χ1n) is 7.32. The Morgan fingerprint density at radius 1 is 1.12 bits per heavy atom. The summed E-state index contributed by atoms with van der Waals surface area (Å²) in [4.78, 5) is 0. The van der Waals surface area contributed by atoms with Crippen molar-refractivity contribution in [2.45, 2.75) is 5.16 Å². The van der Waals surface area contributed by atoms with Gasteiger partial charge in [-0.25, -0.2) is 0 Å². The Hall–Kier alpha value is -1.99. The van der Waals surface area contributed by atoms with Gasteiger partial charge in [-0.2, -0.15) is 0 Å². The first-order valence-corrected chi connectivity index (χ1v) is 9.10. The number of para-hydroxylation sites is 2. The van der Waals surface area contributed by atoms with Crippen molar-refractivity contribution < 1.29 is 9.47 Å². The van der Waals surface area contributed by atoms with Crippen molar-refractivity contribution in [3.8, 4) is 17.2 Å². The van der Waals surface area contributed by atoms with Crippen molar-refractivity contribution in [2.75, 3.05) is 19.5 Å². The molecule has 0 aliphatic heterocycles. The van der Waals surface area contributed by atoms with Gasteiger partial charge in [0.1, 0.15) is 17.8 Å². The molecule has 24 heavy (non-hydrogen) atoms. The number of nitrogens with zero attached hydrogens (tertiary/aromatic N) is 3. The molecule has 0 aliphatic rings. The summed E-state index contributed by atoms with van der Waals surface area (Å²) in [6.07, 6.45) is 1.69. The lowest BCUT2D eigenvalue weighted by Gasteiger charge is -2.11. The Morgan fingerprint density at radius 3 is 2.71 bits per heavy atom. The van der Waals surface area contributed by atoms with E-state index in [0.717, 1.165) is 32.6 Å². The van der Waals surface area contributed by atoms with Gasteiger partial charge in [0.25, 0.3) is 0 Å². The number of hydrogen-bond acceptors (Lipinski definition) is 5. The van der Waals surface area contributed by atoms with Gasteiger partial charge in [-0.1, -0.05) is 39.8 Å². The highest BCUT2D eigenvalue weighted by atomic mass is 79.9. The molecule has 0 aliphatic carbocycles. The monoisotopic (exact) mass is 405 g/mol. The number of benzene rings is 2. The summed E-state index contributed by atoms with van der Waals surface area (Å²) in [6, 6.07) is 15.6. The third kappa shape index (κ3) is 4.10. The molecule has 1 aromatic heterocycles. The van der Waals surface area contributed by atoms with Crippen LogP contribution in [0.2, 0.25) is 0 Å². The number of methoxy groups -OCH3 is 1. The molecule has 0 radical (unpaired) electrons. The number of rotatable bonds is 7. The van der Waals surface area contributed by atoms with Gasteiger partial charge in [-0.05, 0) is 36.4 Å². The minimum Gasteiger partial charge on any atom is -0.495 e. The second kappa shape index (κ2) is 8.21. The first-order chi connectivity index (χ1) is 11.8. The fourth-order valence-corrected chi connectivity index (χ4v) is 3.14. The molecular weight excluding hydrogens is 390 g/mol. The molecule has 2 aromatic carbocycles. The molecule has 0 saturated heterocycles. The van der Waals surface area contributed by atoms with Crippen LogP contribution in [0.5, 0.6) is 11.5 Å². The van der Waals surface area contributed by atoms with Crippen LogP contribution in [-0.2, 0) is 0 Å². The second-order valence-electron chi connectivity index (χ2n) is 4.81. The van der Waals surface area contributed by atoms with Crippen molar-refractivity contribution in [3.63, 3.8) is 0 Å². The number of aromatic nitrogens is 3. The van der Waals surface area contributed by atoms with Gasteiger partial charge < -0.3 is 9.47 Å². The molecule has 124 valence electrons. The minimum atomic E-state index is 0.588. The fourth-order valence-electron chi connectivity index (χ4n) is 2.14. The number of halogens is 1. The van der Waals surface area contributed by atoms with E-state index in [9.17, 15) is 0 Å². The molecule has 0 fully saturated rings. The lowest BCUT2D eigenvalue weighted by Crippen LogP contribution is -2.03. The maximum atomic E-state index is 5.73. The lowest BCUT2D eigenvalue weighted by molar-refractivity contribution is 0.344. The van der Waals surface area contributed by atoms with Crippen molar-refractivity contribution in [2.24, 2.45) is 0 Å². The van der Waals surface area contributed by atoms with Gasteiger partial charge in [-0.15, -0.1) is 10.2 Å². The summed E-state index contributed by atoms with van der Waals surface area (Å²) in [7, 11) is 1.65. The van der Waals surface area contributed by atoms with Gasteiger partial charge in [-0.3, -0.25) is 4.57 Å². The molecule has 0 N–H and O–H groups in total. The summed E-state index contributed by atoms with van der Waals surface area (Å²) in [6.45, 7) is 0.588. The van der Waals surface area contributed by atoms with Crippen LogP contribution in [0.15, 0.2) is 64.5 Å². The molecule has 0 saturated carbocycles. The van der Waals surface area contributed by atoms with Gasteiger partial charge in [0.05, 0.1) is 19.4 Å². The highest BCUT2D eigenvalue weighted by Gasteiger charge is 2.11. The average Bonchev–Trinajstić information content (AvgIpc) is 3.08. The summed E-state index contributed by atoms with van der Waals surface area (Å²) in [5.41, 5.74) is 0.918. The maximum absolute atomic E-state index is 5.73. The van der Waals surface area contributed by atoms with Crippen molar-refractivity contribution >= 4 is 27.7 Å². The van der Waals surface area contributed by atoms with Gasteiger partial charge in [0.15, 0.2) is 5.16 Å². The van der Waals surface area contributed by atoms with Gasteiger partial charge >= 0.3 is 0 Å². The predicted molar refractivity (Wildman–Crippen MR) is 98.3 cm³/mol. The molecule has 7 heteroatoms. The summed E-state index contributed by atoms with van der Waals surface area (Å²) in [5, 5.41) is 9.00. The molecule has 0 bridgehead atoms. The highest BCUT2D eigenvalue weighted by Crippen LogP contribution is 2.26. The van der Waals surface area contributed by atoms with E-state index in [2.05, 4.69) is 26.1 Å². The van der Waals surface area contributed by atoms with E-state index >= 15 is 0 Å².